The van der Waals surface area contributed by atoms with E-state index in [1.165, 1.54) is 12.1 Å². The molecule has 0 amide bonds. The quantitative estimate of drug-likeness (QED) is 0.197. The Balaban J connectivity index is 0.000000638. The highest BCUT2D eigenvalue weighted by Crippen LogP contribution is 2.18. The molecule has 0 aromatic heterocycles. The van der Waals surface area contributed by atoms with Crippen molar-refractivity contribution in [3.8, 4) is 0 Å². The van der Waals surface area contributed by atoms with Gasteiger partial charge in [0.15, 0.2) is 5.96 Å². The number of nitrogens with one attached hydrogen (secondary N) is 1. The standard InChI is InChI=1S/C23H29FN4O3.C2HF3O2/c1-2-31-17-3-12-25-23(26-20-8-4-18(5-9-20)22(29)30)28-15-13-27(14-16-28)21-10-6-19(24)7-11-21;3-2(4,5)1(6)7/h4-11H,2-3,12-17H2,1H3,(H,25,26)(H,29,30);(H,6,7). The number of carboxylic acids is 2. The fraction of sp³-hybridized carbons (Fsp3) is 0.400. The van der Waals surface area contributed by atoms with E-state index < -0.39 is 18.1 Å². The second-order valence-corrected chi connectivity index (χ2v) is 8.02. The Morgan fingerprint density at radius 3 is 2.08 bits per heavy atom. The number of halogens is 4. The van der Waals surface area contributed by atoms with Crippen molar-refractivity contribution in [1.82, 2.24) is 4.90 Å². The minimum atomic E-state index is -5.08. The highest BCUT2D eigenvalue weighted by molar-refractivity contribution is 5.95. The molecule has 0 atom stereocenters. The first-order chi connectivity index (χ1) is 18.0. The zero-order valence-corrected chi connectivity index (χ0v) is 20.7. The number of piperazine rings is 1. The first-order valence-corrected chi connectivity index (χ1v) is 11.8. The van der Waals surface area contributed by atoms with Crippen molar-refractivity contribution in [3.05, 3.63) is 59.9 Å². The van der Waals surface area contributed by atoms with Crippen molar-refractivity contribution in [2.75, 3.05) is 56.2 Å². The van der Waals surface area contributed by atoms with Crippen LogP contribution in [-0.2, 0) is 9.53 Å². The van der Waals surface area contributed by atoms with Gasteiger partial charge in [0.25, 0.3) is 0 Å². The fourth-order valence-corrected chi connectivity index (χ4v) is 3.37. The maximum Gasteiger partial charge on any atom is 0.490 e. The van der Waals surface area contributed by atoms with Gasteiger partial charge in [-0.05, 0) is 61.9 Å². The summed E-state index contributed by atoms with van der Waals surface area (Å²) < 4.78 is 50.3. The van der Waals surface area contributed by atoms with Crippen LogP contribution >= 0.6 is 0 Å². The van der Waals surface area contributed by atoms with Gasteiger partial charge in [-0.1, -0.05) is 0 Å². The summed E-state index contributed by atoms with van der Waals surface area (Å²) in [6.07, 6.45) is -4.26. The number of aliphatic carboxylic acids is 1. The topological polar surface area (TPSA) is 115 Å². The number of hydrogen-bond acceptors (Lipinski definition) is 5. The number of aromatic carboxylic acids is 1. The number of ether oxygens (including phenoxy) is 1. The van der Waals surface area contributed by atoms with Gasteiger partial charge in [-0.25, -0.2) is 14.0 Å². The predicted molar refractivity (Wildman–Crippen MR) is 134 cm³/mol. The Kier molecular flexibility index (Phi) is 11.8. The number of hydrogen-bond donors (Lipinski definition) is 3. The van der Waals surface area contributed by atoms with Gasteiger partial charge in [0.1, 0.15) is 5.82 Å². The molecule has 38 heavy (non-hydrogen) atoms. The monoisotopic (exact) mass is 542 g/mol. The van der Waals surface area contributed by atoms with Crippen LogP contribution in [0.5, 0.6) is 0 Å². The van der Waals surface area contributed by atoms with Gasteiger partial charge in [0.05, 0.1) is 5.56 Å². The number of aliphatic imine (C=N–C) groups is 1. The van der Waals surface area contributed by atoms with E-state index in [4.69, 9.17) is 24.7 Å². The third-order valence-electron chi connectivity index (χ3n) is 5.31. The maximum absolute atomic E-state index is 13.2. The van der Waals surface area contributed by atoms with Crippen LogP contribution in [0.25, 0.3) is 0 Å². The van der Waals surface area contributed by atoms with E-state index in [0.29, 0.717) is 19.8 Å². The van der Waals surface area contributed by atoms with Crippen molar-refractivity contribution in [2.24, 2.45) is 4.99 Å². The highest BCUT2D eigenvalue weighted by atomic mass is 19.4. The molecule has 2 aromatic carbocycles. The third-order valence-corrected chi connectivity index (χ3v) is 5.31. The Hall–Kier alpha value is -3.87. The number of guanidine groups is 1. The van der Waals surface area contributed by atoms with Crippen LogP contribution in [0.4, 0.5) is 28.9 Å². The average Bonchev–Trinajstić information content (AvgIpc) is 2.88. The molecule has 0 saturated carbocycles. The maximum atomic E-state index is 13.2. The molecular weight excluding hydrogens is 512 g/mol. The molecule has 1 aliphatic heterocycles. The van der Waals surface area contributed by atoms with E-state index in [9.17, 15) is 22.4 Å². The molecule has 9 nitrogen and oxygen atoms in total. The van der Waals surface area contributed by atoms with Crippen LogP contribution < -0.4 is 10.2 Å². The minimum Gasteiger partial charge on any atom is -0.478 e. The van der Waals surface area contributed by atoms with Gasteiger partial charge in [-0.3, -0.25) is 4.99 Å². The number of carbonyl (C=O) groups is 2. The summed E-state index contributed by atoms with van der Waals surface area (Å²) in [7, 11) is 0. The number of rotatable bonds is 8. The normalized spacial score (nSPS) is 14.0. The lowest BCUT2D eigenvalue weighted by Gasteiger charge is -2.37. The lowest BCUT2D eigenvalue weighted by Crippen LogP contribution is -2.50. The molecule has 1 saturated heterocycles. The molecule has 1 aliphatic rings. The van der Waals surface area contributed by atoms with Crippen LogP contribution in [0.3, 0.4) is 0 Å². The molecular formula is C25H30F4N4O5. The summed E-state index contributed by atoms with van der Waals surface area (Å²) in [5.74, 6) is -3.18. The molecule has 3 rings (SSSR count). The lowest BCUT2D eigenvalue weighted by molar-refractivity contribution is -0.192. The molecule has 3 N–H and O–H groups in total. The van der Waals surface area contributed by atoms with E-state index >= 15 is 0 Å². The molecule has 1 heterocycles. The predicted octanol–water partition coefficient (Wildman–Crippen LogP) is 4.17. The number of benzene rings is 2. The molecule has 13 heteroatoms. The Labute approximate surface area is 217 Å². The first-order valence-electron chi connectivity index (χ1n) is 11.8. The zero-order valence-electron chi connectivity index (χ0n) is 20.7. The van der Waals surface area contributed by atoms with E-state index in [-0.39, 0.29) is 11.4 Å². The summed E-state index contributed by atoms with van der Waals surface area (Å²) in [6, 6.07) is 13.2. The molecule has 0 radical (unpaired) electrons. The summed E-state index contributed by atoms with van der Waals surface area (Å²) in [6.45, 7) is 7.08. The van der Waals surface area contributed by atoms with Crippen LogP contribution in [0, 0.1) is 5.82 Å². The molecule has 0 spiro atoms. The van der Waals surface area contributed by atoms with Crippen molar-refractivity contribution in [3.63, 3.8) is 0 Å². The SMILES string of the molecule is CCOCCCN=C(Nc1ccc(C(=O)O)cc1)N1CCN(c2ccc(F)cc2)CC1.O=C(O)C(F)(F)F. The van der Waals surface area contributed by atoms with Crippen LogP contribution in [-0.4, -0.2) is 85.1 Å². The minimum absolute atomic E-state index is 0.234. The molecule has 2 aromatic rings. The summed E-state index contributed by atoms with van der Waals surface area (Å²) in [5, 5.41) is 19.6. The molecule has 1 fully saturated rings. The van der Waals surface area contributed by atoms with Gasteiger partial charge < -0.3 is 30.1 Å². The van der Waals surface area contributed by atoms with Gasteiger partial charge in [0, 0.05) is 57.3 Å². The summed E-state index contributed by atoms with van der Waals surface area (Å²) in [5.41, 5.74) is 2.04. The number of anilines is 2. The number of alkyl halides is 3. The fourth-order valence-electron chi connectivity index (χ4n) is 3.37. The molecule has 0 bridgehead atoms. The van der Waals surface area contributed by atoms with Crippen molar-refractivity contribution in [1.29, 1.82) is 0 Å². The second-order valence-electron chi connectivity index (χ2n) is 8.02. The van der Waals surface area contributed by atoms with Crippen LogP contribution in [0.15, 0.2) is 53.5 Å². The van der Waals surface area contributed by atoms with Crippen molar-refractivity contribution >= 4 is 29.3 Å². The largest absolute Gasteiger partial charge is 0.490 e. The Bertz CT molecular complexity index is 1050. The van der Waals surface area contributed by atoms with Gasteiger partial charge in [-0.2, -0.15) is 13.2 Å². The molecule has 0 aliphatic carbocycles. The van der Waals surface area contributed by atoms with E-state index in [1.807, 2.05) is 6.92 Å². The Morgan fingerprint density at radius 1 is 1.00 bits per heavy atom. The summed E-state index contributed by atoms with van der Waals surface area (Å²) in [4.78, 5) is 29.1. The van der Waals surface area contributed by atoms with Gasteiger partial charge >= 0.3 is 18.1 Å². The van der Waals surface area contributed by atoms with E-state index in [2.05, 4.69) is 15.1 Å². The van der Waals surface area contributed by atoms with Gasteiger partial charge in [0.2, 0.25) is 0 Å². The smallest absolute Gasteiger partial charge is 0.478 e. The van der Waals surface area contributed by atoms with Crippen molar-refractivity contribution < 1.29 is 42.1 Å². The van der Waals surface area contributed by atoms with Gasteiger partial charge in [-0.15, -0.1) is 0 Å². The third kappa shape index (κ3) is 10.2. The van der Waals surface area contributed by atoms with Crippen LogP contribution in [0.1, 0.15) is 23.7 Å². The van der Waals surface area contributed by atoms with E-state index in [1.54, 1.807) is 36.4 Å². The molecule has 0 unspecified atom stereocenters. The average molecular weight is 543 g/mol. The Morgan fingerprint density at radius 2 is 1.58 bits per heavy atom. The highest BCUT2D eigenvalue weighted by Gasteiger charge is 2.38. The first kappa shape index (κ1) is 30.4. The lowest BCUT2D eigenvalue weighted by atomic mass is 10.2. The summed E-state index contributed by atoms with van der Waals surface area (Å²) >= 11 is 0. The van der Waals surface area contributed by atoms with Crippen molar-refractivity contribution in [2.45, 2.75) is 19.5 Å². The number of nitrogens with zero attached hydrogens (tertiary/aromatic N) is 3. The molecule has 208 valence electrons. The zero-order chi connectivity index (χ0) is 28.1. The van der Waals surface area contributed by atoms with E-state index in [0.717, 1.165) is 49.9 Å². The second kappa shape index (κ2) is 14.8. The number of carboxylic acid groups (broad SMARTS) is 2. The van der Waals surface area contributed by atoms with Crippen LogP contribution in [0.2, 0.25) is 0 Å².